The molecule has 0 aliphatic heterocycles. The molecule has 0 saturated carbocycles. The van der Waals surface area contributed by atoms with Gasteiger partial charge >= 0.3 is 0 Å². The van der Waals surface area contributed by atoms with Crippen molar-refractivity contribution in [2.75, 3.05) is 5.32 Å². The third kappa shape index (κ3) is 5.67. The van der Waals surface area contributed by atoms with Gasteiger partial charge in [-0.2, -0.15) is 0 Å². The van der Waals surface area contributed by atoms with Gasteiger partial charge in [0.15, 0.2) is 5.11 Å². The molecule has 3 amide bonds. The normalized spacial score (nSPS) is 9.73. The lowest BCUT2D eigenvalue weighted by Crippen LogP contribution is -2.48. The van der Waals surface area contributed by atoms with Crippen LogP contribution >= 0.6 is 12.2 Å². The number of carbonyl (C=O) groups is 3. The van der Waals surface area contributed by atoms with Crippen molar-refractivity contribution < 1.29 is 14.4 Å². The third-order valence-corrected chi connectivity index (χ3v) is 3.51. The Morgan fingerprint density at radius 3 is 2.08 bits per heavy atom. The fourth-order valence-electron chi connectivity index (χ4n) is 1.94. The van der Waals surface area contributed by atoms with E-state index in [-0.39, 0.29) is 16.9 Å². The van der Waals surface area contributed by atoms with Gasteiger partial charge < -0.3 is 5.32 Å². The second kappa shape index (κ2) is 9.28. The van der Waals surface area contributed by atoms with E-state index >= 15 is 0 Å². The van der Waals surface area contributed by atoms with Crippen LogP contribution in [0.2, 0.25) is 0 Å². The minimum Gasteiger partial charge on any atom is -0.326 e. The van der Waals surface area contributed by atoms with Crippen LogP contribution in [0.3, 0.4) is 0 Å². The second-order valence-electron chi connectivity index (χ2n) is 5.21. The number of nitrogens with one attached hydrogen (secondary N) is 4. The molecule has 0 unspecified atom stereocenters. The number of amides is 3. The van der Waals surface area contributed by atoms with Gasteiger partial charge in [0.1, 0.15) is 0 Å². The summed E-state index contributed by atoms with van der Waals surface area (Å²) in [7, 11) is 0. The van der Waals surface area contributed by atoms with E-state index in [9.17, 15) is 14.4 Å². The summed E-state index contributed by atoms with van der Waals surface area (Å²) in [4.78, 5) is 35.3. The van der Waals surface area contributed by atoms with Crippen LogP contribution in [-0.4, -0.2) is 22.8 Å². The number of anilines is 1. The van der Waals surface area contributed by atoms with Gasteiger partial charge in [0, 0.05) is 23.2 Å². The van der Waals surface area contributed by atoms with Gasteiger partial charge in [-0.05, 0) is 48.6 Å². The molecule has 2 rings (SSSR count). The van der Waals surface area contributed by atoms with Gasteiger partial charge in [0.05, 0.1) is 0 Å². The van der Waals surface area contributed by atoms with Crippen LogP contribution in [0.1, 0.15) is 34.1 Å². The highest BCUT2D eigenvalue weighted by Crippen LogP contribution is 2.09. The Morgan fingerprint density at radius 1 is 0.846 bits per heavy atom. The lowest BCUT2D eigenvalue weighted by atomic mass is 10.2. The molecule has 0 radical (unpaired) electrons. The molecule has 0 heterocycles. The van der Waals surface area contributed by atoms with Gasteiger partial charge in [-0.3, -0.25) is 30.6 Å². The van der Waals surface area contributed by atoms with Crippen molar-refractivity contribution in [3.8, 4) is 0 Å². The summed E-state index contributed by atoms with van der Waals surface area (Å²) in [6.45, 7) is 1.75. The average Bonchev–Trinajstić information content (AvgIpc) is 2.67. The molecule has 0 spiro atoms. The van der Waals surface area contributed by atoms with Gasteiger partial charge in [0.25, 0.3) is 11.8 Å². The maximum Gasteiger partial charge on any atom is 0.269 e. The Kier molecular flexibility index (Phi) is 6.81. The summed E-state index contributed by atoms with van der Waals surface area (Å²) >= 11 is 4.97. The van der Waals surface area contributed by atoms with Crippen molar-refractivity contribution in [3.63, 3.8) is 0 Å². The van der Waals surface area contributed by atoms with Crippen molar-refractivity contribution >= 4 is 40.7 Å². The molecule has 0 saturated heterocycles. The number of hydrazine groups is 1. The first kappa shape index (κ1) is 19.1. The van der Waals surface area contributed by atoms with Gasteiger partial charge in [-0.25, -0.2) is 0 Å². The van der Waals surface area contributed by atoms with Gasteiger partial charge in [0.2, 0.25) is 5.91 Å². The summed E-state index contributed by atoms with van der Waals surface area (Å²) in [5.74, 6) is -0.925. The molecule has 2 aromatic rings. The van der Waals surface area contributed by atoms with Crippen LogP contribution < -0.4 is 21.5 Å². The molecule has 134 valence electrons. The Balaban J connectivity index is 1.83. The number of hydrogen-bond donors (Lipinski definition) is 4. The Labute approximate surface area is 156 Å². The number of rotatable bonds is 4. The molecule has 26 heavy (non-hydrogen) atoms. The zero-order valence-corrected chi connectivity index (χ0v) is 14.9. The molecular weight excluding hydrogens is 352 g/mol. The first-order chi connectivity index (χ1) is 12.5. The smallest absolute Gasteiger partial charge is 0.269 e. The van der Waals surface area contributed by atoms with E-state index in [1.807, 2.05) is 0 Å². The van der Waals surface area contributed by atoms with E-state index in [4.69, 9.17) is 12.2 Å². The molecule has 8 heteroatoms. The maximum absolute atomic E-state index is 12.1. The van der Waals surface area contributed by atoms with Crippen LogP contribution in [0.5, 0.6) is 0 Å². The fourth-order valence-corrected chi connectivity index (χ4v) is 2.08. The summed E-state index contributed by atoms with van der Waals surface area (Å²) in [5, 5.41) is 5.12. The number of benzene rings is 2. The minimum absolute atomic E-state index is 0.0287. The lowest BCUT2D eigenvalue weighted by molar-refractivity contribution is -0.115. The topological polar surface area (TPSA) is 99.3 Å². The number of hydrogen-bond acceptors (Lipinski definition) is 4. The summed E-state index contributed by atoms with van der Waals surface area (Å²) in [6, 6.07) is 14.9. The maximum atomic E-state index is 12.1. The van der Waals surface area contributed by atoms with Gasteiger partial charge in [-0.1, -0.05) is 25.1 Å². The van der Waals surface area contributed by atoms with Crippen LogP contribution in [0.15, 0.2) is 54.6 Å². The van der Waals surface area contributed by atoms with Crippen molar-refractivity contribution in [2.24, 2.45) is 0 Å². The SMILES string of the molecule is CCC(=O)Nc1ccc(C(=O)NNC(=S)NC(=O)c2ccccc2)cc1. The van der Waals surface area contributed by atoms with Crippen molar-refractivity contribution in [1.29, 1.82) is 0 Å². The molecule has 0 aliphatic rings. The summed E-state index contributed by atoms with van der Waals surface area (Å²) in [5.41, 5.74) is 6.28. The molecule has 2 aromatic carbocycles. The molecule has 7 nitrogen and oxygen atoms in total. The van der Waals surface area contributed by atoms with Crippen LogP contribution in [0, 0.1) is 0 Å². The van der Waals surface area contributed by atoms with Crippen LogP contribution in [0.4, 0.5) is 5.69 Å². The molecule has 4 N–H and O–H groups in total. The van der Waals surface area contributed by atoms with E-state index in [0.29, 0.717) is 23.2 Å². The van der Waals surface area contributed by atoms with E-state index in [1.165, 1.54) is 0 Å². The third-order valence-electron chi connectivity index (χ3n) is 3.30. The first-order valence-electron chi connectivity index (χ1n) is 7.86. The monoisotopic (exact) mass is 370 g/mol. The van der Waals surface area contributed by atoms with Crippen LogP contribution in [-0.2, 0) is 4.79 Å². The quantitative estimate of drug-likeness (QED) is 0.487. The Bertz CT molecular complexity index is 807. The predicted molar refractivity (Wildman–Crippen MR) is 102 cm³/mol. The fraction of sp³-hybridized carbons (Fsp3) is 0.111. The number of carbonyl (C=O) groups excluding carboxylic acids is 3. The average molecular weight is 370 g/mol. The lowest BCUT2D eigenvalue weighted by Gasteiger charge is -2.11. The molecule has 0 aliphatic carbocycles. The van der Waals surface area contributed by atoms with Crippen molar-refractivity contribution in [3.05, 3.63) is 65.7 Å². The second-order valence-corrected chi connectivity index (χ2v) is 5.62. The molecular formula is C18H18N4O3S. The van der Waals surface area contributed by atoms with Crippen molar-refractivity contribution in [2.45, 2.75) is 13.3 Å². The van der Waals surface area contributed by atoms with E-state index in [0.717, 1.165) is 0 Å². The van der Waals surface area contributed by atoms with Gasteiger partial charge in [-0.15, -0.1) is 0 Å². The zero-order chi connectivity index (χ0) is 18.9. The molecule has 0 bridgehead atoms. The molecule has 0 atom stereocenters. The van der Waals surface area contributed by atoms with E-state index in [1.54, 1.807) is 61.5 Å². The first-order valence-corrected chi connectivity index (χ1v) is 8.27. The summed E-state index contributed by atoms with van der Waals surface area (Å²) in [6.07, 6.45) is 0.373. The van der Waals surface area contributed by atoms with Crippen molar-refractivity contribution in [1.82, 2.24) is 16.2 Å². The van der Waals surface area contributed by atoms with E-state index < -0.39 is 5.91 Å². The minimum atomic E-state index is -0.435. The largest absolute Gasteiger partial charge is 0.326 e. The van der Waals surface area contributed by atoms with Crippen LogP contribution in [0.25, 0.3) is 0 Å². The van der Waals surface area contributed by atoms with E-state index in [2.05, 4.69) is 21.5 Å². The Hall–Kier alpha value is -3.26. The number of thiocarbonyl (C=S) groups is 1. The highest BCUT2D eigenvalue weighted by Gasteiger charge is 2.09. The summed E-state index contributed by atoms with van der Waals surface area (Å²) < 4.78 is 0. The highest BCUT2D eigenvalue weighted by atomic mass is 32.1. The molecule has 0 fully saturated rings. The standard InChI is InChI=1S/C18H18N4O3S/c1-2-15(23)19-14-10-8-13(9-11-14)17(25)21-22-18(26)20-16(24)12-6-4-3-5-7-12/h3-11H,2H2,1H3,(H,19,23)(H,21,25)(H2,20,22,24,26). The Morgan fingerprint density at radius 2 is 1.46 bits per heavy atom. The molecule has 0 aromatic heterocycles. The predicted octanol–water partition coefficient (Wildman–Crippen LogP) is 1.98. The highest BCUT2D eigenvalue weighted by molar-refractivity contribution is 7.80. The zero-order valence-electron chi connectivity index (χ0n) is 14.0.